The maximum atomic E-state index is 12.0. The first-order valence-electron chi connectivity index (χ1n) is 7.24. The largest absolute Gasteiger partial charge is 0.323 e. The highest BCUT2D eigenvalue weighted by Crippen LogP contribution is 2.40. The van der Waals surface area contributed by atoms with Crippen molar-refractivity contribution in [3.63, 3.8) is 0 Å². The first-order chi connectivity index (χ1) is 10.1. The minimum absolute atomic E-state index is 0.135. The first kappa shape index (κ1) is 14.2. The van der Waals surface area contributed by atoms with E-state index in [4.69, 9.17) is 0 Å². The van der Waals surface area contributed by atoms with Crippen molar-refractivity contribution < 1.29 is 4.79 Å². The van der Waals surface area contributed by atoms with E-state index in [-0.39, 0.29) is 17.3 Å². The molecule has 0 spiro atoms. The average Bonchev–Trinajstić information content (AvgIpc) is 2.49. The van der Waals surface area contributed by atoms with Crippen LogP contribution in [0.15, 0.2) is 59.5 Å². The fraction of sp³-hybridized carbons (Fsp3) is 0.278. The topological polar surface area (TPSA) is 20.3 Å². The smallest absolute Gasteiger partial charge is 0.226 e. The van der Waals surface area contributed by atoms with Crippen LogP contribution in [0.1, 0.15) is 30.5 Å². The molecule has 0 unspecified atom stereocenters. The number of benzene rings is 2. The van der Waals surface area contributed by atoms with Crippen LogP contribution in [0.5, 0.6) is 0 Å². The van der Waals surface area contributed by atoms with Crippen LogP contribution in [0, 0.1) is 6.92 Å². The van der Waals surface area contributed by atoms with Gasteiger partial charge in [-0.3, -0.25) is 4.79 Å². The van der Waals surface area contributed by atoms with Crippen molar-refractivity contribution in [2.45, 2.75) is 36.6 Å². The summed E-state index contributed by atoms with van der Waals surface area (Å²) in [6, 6.07) is 18.9. The van der Waals surface area contributed by atoms with Crippen molar-refractivity contribution in [2.24, 2.45) is 0 Å². The Kier molecular flexibility index (Phi) is 4.02. The zero-order valence-corrected chi connectivity index (χ0v) is 13.1. The van der Waals surface area contributed by atoms with Crippen LogP contribution >= 0.6 is 11.8 Å². The van der Waals surface area contributed by atoms with Crippen LogP contribution in [-0.4, -0.2) is 16.2 Å². The Hall–Kier alpha value is -1.74. The predicted molar refractivity (Wildman–Crippen MR) is 87.1 cm³/mol. The van der Waals surface area contributed by atoms with Gasteiger partial charge in [0.2, 0.25) is 5.91 Å². The van der Waals surface area contributed by atoms with Gasteiger partial charge >= 0.3 is 0 Å². The van der Waals surface area contributed by atoms with E-state index in [1.165, 1.54) is 16.0 Å². The van der Waals surface area contributed by atoms with E-state index in [0.29, 0.717) is 6.42 Å². The van der Waals surface area contributed by atoms with Gasteiger partial charge in [-0.15, -0.1) is 11.8 Å². The SMILES string of the molecule is Cc1ccc(S[C@@H]2CC(=O)N2[C@@H](C)c2ccccc2)cc1. The lowest BCUT2D eigenvalue weighted by atomic mass is 10.0. The van der Waals surface area contributed by atoms with Crippen LogP contribution in [0.3, 0.4) is 0 Å². The molecule has 2 nitrogen and oxygen atoms in total. The van der Waals surface area contributed by atoms with Gasteiger partial charge in [0, 0.05) is 4.90 Å². The molecule has 2 aromatic rings. The van der Waals surface area contributed by atoms with Gasteiger partial charge in [0.25, 0.3) is 0 Å². The van der Waals surface area contributed by atoms with E-state index in [0.717, 1.165) is 0 Å². The quantitative estimate of drug-likeness (QED) is 0.779. The summed E-state index contributed by atoms with van der Waals surface area (Å²) in [6.45, 7) is 4.19. The lowest BCUT2D eigenvalue weighted by Gasteiger charge is -2.44. The van der Waals surface area contributed by atoms with Gasteiger partial charge in [-0.25, -0.2) is 0 Å². The van der Waals surface area contributed by atoms with Crippen LogP contribution in [0.2, 0.25) is 0 Å². The minimum Gasteiger partial charge on any atom is -0.323 e. The van der Waals surface area contributed by atoms with Crippen molar-refractivity contribution in [1.82, 2.24) is 4.90 Å². The average molecular weight is 297 g/mol. The summed E-state index contributed by atoms with van der Waals surface area (Å²) in [5.41, 5.74) is 2.46. The molecule has 0 aromatic heterocycles. The maximum absolute atomic E-state index is 12.0. The van der Waals surface area contributed by atoms with Crippen LogP contribution in [-0.2, 0) is 4.79 Å². The summed E-state index contributed by atoms with van der Waals surface area (Å²) >= 11 is 1.78. The van der Waals surface area contributed by atoms with Crippen molar-refractivity contribution in [3.05, 3.63) is 65.7 Å². The van der Waals surface area contributed by atoms with Crippen molar-refractivity contribution in [3.8, 4) is 0 Å². The van der Waals surface area contributed by atoms with Crippen molar-refractivity contribution in [2.75, 3.05) is 0 Å². The molecule has 1 heterocycles. The van der Waals surface area contributed by atoms with Gasteiger partial charge in [0.05, 0.1) is 17.8 Å². The van der Waals surface area contributed by atoms with E-state index in [2.05, 4.69) is 50.2 Å². The summed E-state index contributed by atoms with van der Waals surface area (Å²) in [6.07, 6.45) is 0.635. The highest BCUT2D eigenvalue weighted by Gasteiger charge is 2.40. The van der Waals surface area contributed by atoms with Gasteiger partial charge in [0.1, 0.15) is 0 Å². The Labute approximate surface area is 130 Å². The molecular weight excluding hydrogens is 278 g/mol. The molecule has 108 valence electrons. The number of carbonyl (C=O) groups excluding carboxylic acids is 1. The van der Waals surface area contributed by atoms with Gasteiger partial charge in [-0.05, 0) is 31.5 Å². The third-order valence-corrected chi connectivity index (χ3v) is 5.15. The molecule has 1 amide bonds. The zero-order valence-electron chi connectivity index (χ0n) is 12.3. The molecular formula is C18H19NOS. The fourth-order valence-electron chi connectivity index (χ4n) is 2.63. The lowest BCUT2D eigenvalue weighted by molar-refractivity contribution is -0.144. The monoisotopic (exact) mass is 297 g/mol. The Bertz CT molecular complexity index is 623. The second-order valence-electron chi connectivity index (χ2n) is 5.48. The van der Waals surface area contributed by atoms with E-state index < -0.39 is 0 Å². The molecule has 21 heavy (non-hydrogen) atoms. The van der Waals surface area contributed by atoms with Crippen LogP contribution < -0.4 is 0 Å². The molecule has 2 atom stereocenters. The normalized spacial score (nSPS) is 19.2. The molecule has 0 saturated carbocycles. The summed E-state index contributed by atoms with van der Waals surface area (Å²) < 4.78 is 0. The molecule has 0 aliphatic carbocycles. The number of aryl methyl sites for hydroxylation is 1. The standard InChI is InChI=1S/C18H19NOS/c1-13-8-10-16(11-9-13)21-18-12-17(20)19(18)14(2)15-6-4-3-5-7-15/h3-11,14,18H,12H2,1-2H3/t14-,18+/m0/s1. The fourth-order valence-corrected chi connectivity index (χ4v) is 3.88. The molecule has 0 radical (unpaired) electrons. The number of thioether (sulfide) groups is 1. The number of nitrogens with zero attached hydrogens (tertiary/aromatic N) is 1. The first-order valence-corrected chi connectivity index (χ1v) is 8.12. The molecule has 0 N–H and O–H groups in total. The summed E-state index contributed by atoms with van der Waals surface area (Å²) in [5, 5.41) is 0.246. The van der Waals surface area contributed by atoms with Crippen LogP contribution in [0.4, 0.5) is 0 Å². The number of likely N-dealkylation sites (tertiary alicyclic amines) is 1. The van der Waals surface area contributed by atoms with E-state index in [1.807, 2.05) is 23.1 Å². The van der Waals surface area contributed by atoms with Crippen molar-refractivity contribution >= 4 is 17.7 Å². The van der Waals surface area contributed by atoms with Gasteiger partial charge in [-0.1, -0.05) is 48.0 Å². The number of hydrogen-bond donors (Lipinski definition) is 0. The lowest BCUT2D eigenvalue weighted by Crippen LogP contribution is -2.51. The molecule has 1 aliphatic heterocycles. The number of rotatable bonds is 4. The Morgan fingerprint density at radius 3 is 2.38 bits per heavy atom. The molecule has 3 heteroatoms. The minimum atomic E-state index is 0.135. The van der Waals surface area contributed by atoms with Gasteiger partial charge in [-0.2, -0.15) is 0 Å². The molecule has 0 bridgehead atoms. The van der Waals surface area contributed by atoms with Crippen LogP contribution in [0.25, 0.3) is 0 Å². The maximum Gasteiger partial charge on any atom is 0.226 e. The molecule has 3 rings (SSSR count). The van der Waals surface area contributed by atoms with Crippen molar-refractivity contribution in [1.29, 1.82) is 0 Å². The number of hydrogen-bond acceptors (Lipinski definition) is 2. The zero-order chi connectivity index (χ0) is 14.8. The highest BCUT2D eigenvalue weighted by atomic mass is 32.2. The molecule has 1 aliphatic rings. The highest BCUT2D eigenvalue weighted by molar-refractivity contribution is 8.00. The number of carbonyl (C=O) groups is 1. The second-order valence-corrected chi connectivity index (χ2v) is 6.73. The third kappa shape index (κ3) is 2.98. The van der Waals surface area contributed by atoms with E-state index >= 15 is 0 Å². The Morgan fingerprint density at radius 2 is 1.76 bits per heavy atom. The van der Waals surface area contributed by atoms with Gasteiger partial charge < -0.3 is 4.90 Å². The number of β-lactam (4-membered cyclic amide) rings is 1. The van der Waals surface area contributed by atoms with E-state index in [1.54, 1.807) is 11.8 Å². The van der Waals surface area contributed by atoms with E-state index in [9.17, 15) is 4.79 Å². The molecule has 1 fully saturated rings. The van der Waals surface area contributed by atoms with Gasteiger partial charge in [0.15, 0.2) is 0 Å². The molecule has 2 aromatic carbocycles. The third-order valence-electron chi connectivity index (χ3n) is 3.94. The molecule has 1 saturated heterocycles. The second kappa shape index (κ2) is 5.94. The summed E-state index contributed by atoms with van der Waals surface area (Å²) in [7, 11) is 0. The Morgan fingerprint density at radius 1 is 1.10 bits per heavy atom. The predicted octanol–water partition coefficient (Wildman–Crippen LogP) is 4.41. The summed E-state index contributed by atoms with van der Waals surface area (Å²) in [4.78, 5) is 15.2. The number of amides is 1. The Balaban J connectivity index is 1.72. The summed E-state index contributed by atoms with van der Waals surface area (Å²) in [5.74, 6) is 0.246.